The van der Waals surface area contributed by atoms with Crippen molar-refractivity contribution < 1.29 is 9.59 Å². The summed E-state index contributed by atoms with van der Waals surface area (Å²) in [4.78, 5) is 32.3. The van der Waals surface area contributed by atoms with E-state index in [0.29, 0.717) is 26.1 Å². The second-order valence-electron chi connectivity index (χ2n) is 8.35. The molecule has 0 radical (unpaired) electrons. The lowest BCUT2D eigenvalue weighted by molar-refractivity contribution is -0.141. The minimum atomic E-state index is -0.392. The molecule has 3 aliphatic rings. The highest BCUT2D eigenvalue weighted by Gasteiger charge is 2.58. The Balaban J connectivity index is 1.43. The van der Waals surface area contributed by atoms with Crippen molar-refractivity contribution in [1.82, 2.24) is 24.5 Å². The van der Waals surface area contributed by atoms with Crippen LogP contribution >= 0.6 is 0 Å². The Kier molecular flexibility index (Phi) is 4.50. The zero-order valence-electron chi connectivity index (χ0n) is 15.9. The van der Waals surface area contributed by atoms with Gasteiger partial charge in [0, 0.05) is 64.3 Å². The molecular formula is C19H29N5O2. The Morgan fingerprint density at radius 3 is 2.65 bits per heavy atom. The first-order chi connectivity index (χ1) is 12.5. The molecule has 0 saturated carbocycles. The number of hydrogen-bond donors (Lipinski definition) is 0. The van der Waals surface area contributed by atoms with Crippen molar-refractivity contribution in [3.05, 3.63) is 18.0 Å². The Morgan fingerprint density at radius 2 is 1.96 bits per heavy atom. The maximum Gasteiger partial charge on any atom is 0.232 e. The first-order valence-corrected chi connectivity index (χ1v) is 9.73. The van der Waals surface area contributed by atoms with Crippen LogP contribution < -0.4 is 0 Å². The lowest BCUT2D eigenvalue weighted by atomic mass is 9.79. The third-order valence-corrected chi connectivity index (χ3v) is 6.27. The number of aryl methyl sites for hydroxylation is 2. The Labute approximate surface area is 154 Å². The fourth-order valence-corrected chi connectivity index (χ4v) is 5.00. The predicted molar refractivity (Wildman–Crippen MR) is 97.4 cm³/mol. The van der Waals surface area contributed by atoms with Crippen molar-refractivity contribution in [1.29, 1.82) is 0 Å². The van der Waals surface area contributed by atoms with Crippen LogP contribution in [0.3, 0.4) is 0 Å². The van der Waals surface area contributed by atoms with Crippen molar-refractivity contribution >= 4 is 11.8 Å². The monoisotopic (exact) mass is 359 g/mol. The highest BCUT2D eigenvalue weighted by atomic mass is 16.2. The first kappa shape index (κ1) is 17.5. The molecule has 4 heterocycles. The van der Waals surface area contributed by atoms with Crippen molar-refractivity contribution in [2.45, 2.75) is 32.7 Å². The Hall–Kier alpha value is -1.89. The van der Waals surface area contributed by atoms with Gasteiger partial charge in [0.25, 0.3) is 0 Å². The van der Waals surface area contributed by atoms with Crippen molar-refractivity contribution in [3.63, 3.8) is 0 Å². The molecule has 2 atom stereocenters. The second kappa shape index (κ2) is 6.68. The topological polar surface area (TPSA) is 61.7 Å². The normalized spacial score (nSPS) is 28.8. The van der Waals surface area contributed by atoms with E-state index >= 15 is 0 Å². The molecule has 3 saturated heterocycles. The van der Waals surface area contributed by atoms with Gasteiger partial charge in [-0.15, -0.1) is 0 Å². The molecule has 0 aliphatic carbocycles. The molecule has 0 N–H and O–H groups in total. The summed E-state index contributed by atoms with van der Waals surface area (Å²) in [7, 11) is 2.09. The van der Waals surface area contributed by atoms with Gasteiger partial charge < -0.3 is 14.7 Å². The molecule has 0 spiro atoms. The molecule has 0 bridgehead atoms. The number of fused-ring (bicyclic) bond motifs is 1. The van der Waals surface area contributed by atoms with Gasteiger partial charge in [0.05, 0.1) is 11.6 Å². The number of rotatable bonds is 4. The van der Waals surface area contributed by atoms with E-state index in [-0.39, 0.29) is 17.7 Å². The summed E-state index contributed by atoms with van der Waals surface area (Å²) < 4.78 is 1.82. The SMILES string of the molecule is Cc1cnn(CCC(=O)N2C[C@@H]3CN(C)C[C@]3(C(=O)N3CCCC3)C2)c1. The summed E-state index contributed by atoms with van der Waals surface area (Å²) in [6.07, 6.45) is 6.42. The maximum absolute atomic E-state index is 13.3. The van der Waals surface area contributed by atoms with E-state index in [2.05, 4.69) is 17.0 Å². The van der Waals surface area contributed by atoms with Crippen LogP contribution in [0.25, 0.3) is 0 Å². The fraction of sp³-hybridized carbons (Fsp3) is 0.737. The fourth-order valence-electron chi connectivity index (χ4n) is 5.00. The summed E-state index contributed by atoms with van der Waals surface area (Å²) in [5.41, 5.74) is 0.711. The smallest absolute Gasteiger partial charge is 0.232 e. The van der Waals surface area contributed by atoms with Crippen LogP contribution in [0.15, 0.2) is 12.4 Å². The van der Waals surface area contributed by atoms with Gasteiger partial charge in [0.2, 0.25) is 11.8 Å². The standard InChI is InChI=1S/C19H29N5O2/c1-15-9-20-24(10-15)8-5-17(25)23-12-16-11-21(2)13-19(16,14-23)18(26)22-6-3-4-7-22/h9-10,16H,3-8,11-14H2,1-2H3/t16-,19-/m0/s1. The Morgan fingerprint density at radius 1 is 1.19 bits per heavy atom. The van der Waals surface area contributed by atoms with Crippen LogP contribution in [0.2, 0.25) is 0 Å². The predicted octanol–water partition coefficient (Wildman–Crippen LogP) is 0.594. The molecule has 1 aromatic heterocycles. The number of carbonyl (C=O) groups is 2. The average Bonchev–Trinajstić information content (AvgIpc) is 3.35. The van der Waals surface area contributed by atoms with E-state index in [1.165, 1.54) is 0 Å². The highest BCUT2D eigenvalue weighted by Crippen LogP contribution is 2.44. The van der Waals surface area contributed by atoms with E-state index in [1.54, 1.807) is 0 Å². The minimum absolute atomic E-state index is 0.142. The molecule has 4 rings (SSSR count). The van der Waals surface area contributed by atoms with Gasteiger partial charge in [-0.2, -0.15) is 5.10 Å². The number of nitrogens with zero attached hydrogens (tertiary/aromatic N) is 5. The van der Waals surface area contributed by atoms with Crippen LogP contribution in [-0.4, -0.2) is 82.6 Å². The van der Waals surface area contributed by atoms with E-state index in [1.807, 2.05) is 33.8 Å². The summed E-state index contributed by atoms with van der Waals surface area (Å²) in [6.45, 7) is 7.32. The zero-order valence-corrected chi connectivity index (χ0v) is 15.9. The molecular weight excluding hydrogens is 330 g/mol. The van der Waals surface area contributed by atoms with Crippen LogP contribution in [-0.2, 0) is 16.1 Å². The van der Waals surface area contributed by atoms with Crippen molar-refractivity contribution in [3.8, 4) is 0 Å². The summed E-state index contributed by atoms with van der Waals surface area (Å²) in [6, 6.07) is 0. The Bertz CT molecular complexity index is 696. The van der Waals surface area contributed by atoms with E-state index in [4.69, 9.17) is 0 Å². The number of hydrogen-bond acceptors (Lipinski definition) is 4. The second-order valence-corrected chi connectivity index (χ2v) is 8.35. The molecule has 0 unspecified atom stereocenters. The molecule has 142 valence electrons. The third kappa shape index (κ3) is 3.02. The van der Waals surface area contributed by atoms with Gasteiger partial charge in [-0.25, -0.2) is 0 Å². The van der Waals surface area contributed by atoms with Crippen LogP contribution in [0, 0.1) is 18.3 Å². The molecule has 0 aromatic carbocycles. The molecule has 7 heteroatoms. The maximum atomic E-state index is 13.3. The quantitative estimate of drug-likeness (QED) is 0.790. The lowest BCUT2D eigenvalue weighted by Crippen LogP contribution is -2.49. The lowest BCUT2D eigenvalue weighted by Gasteiger charge is -2.32. The van der Waals surface area contributed by atoms with Crippen LogP contribution in [0.1, 0.15) is 24.8 Å². The number of aromatic nitrogens is 2. The van der Waals surface area contributed by atoms with Gasteiger partial charge in [0.1, 0.15) is 0 Å². The molecule has 3 fully saturated rings. The van der Waals surface area contributed by atoms with Gasteiger partial charge in [-0.05, 0) is 32.4 Å². The van der Waals surface area contributed by atoms with Gasteiger partial charge in [-0.3, -0.25) is 14.3 Å². The number of amides is 2. The largest absolute Gasteiger partial charge is 0.342 e. The summed E-state index contributed by atoms with van der Waals surface area (Å²) in [5, 5.41) is 4.25. The average molecular weight is 359 g/mol. The molecule has 1 aromatic rings. The summed E-state index contributed by atoms with van der Waals surface area (Å²) in [5.74, 6) is 0.683. The molecule has 7 nitrogen and oxygen atoms in total. The van der Waals surface area contributed by atoms with Crippen molar-refractivity contribution in [2.75, 3.05) is 46.3 Å². The third-order valence-electron chi connectivity index (χ3n) is 6.27. The minimum Gasteiger partial charge on any atom is -0.342 e. The molecule has 2 amide bonds. The van der Waals surface area contributed by atoms with E-state index < -0.39 is 5.41 Å². The first-order valence-electron chi connectivity index (χ1n) is 9.73. The van der Waals surface area contributed by atoms with E-state index in [9.17, 15) is 9.59 Å². The van der Waals surface area contributed by atoms with Crippen LogP contribution in [0.5, 0.6) is 0 Å². The zero-order chi connectivity index (χ0) is 18.3. The van der Waals surface area contributed by atoms with Crippen LogP contribution in [0.4, 0.5) is 0 Å². The summed E-state index contributed by atoms with van der Waals surface area (Å²) >= 11 is 0. The number of carbonyl (C=O) groups excluding carboxylic acids is 2. The highest BCUT2D eigenvalue weighted by molar-refractivity contribution is 5.87. The van der Waals surface area contributed by atoms with Crippen molar-refractivity contribution in [2.24, 2.45) is 11.3 Å². The van der Waals surface area contributed by atoms with Gasteiger partial charge >= 0.3 is 0 Å². The number of likely N-dealkylation sites (tertiary alicyclic amines) is 3. The van der Waals surface area contributed by atoms with Gasteiger partial charge in [-0.1, -0.05) is 0 Å². The molecule has 3 aliphatic heterocycles. The molecule has 26 heavy (non-hydrogen) atoms. The van der Waals surface area contributed by atoms with E-state index in [0.717, 1.165) is 44.6 Å². The van der Waals surface area contributed by atoms with Gasteiger partial charge in [0.15, 0.2) is 0 Å².